The Morgan fingerprint density at radius 2 is 2.10 bits per heavy atom. The maximum atomic E-state index is 11.3. The van der Waals surface area contributed by atoms with Crippen LogP contribution >= 0.6 is 11.3 Å². The Labute approximate surface area is 121 Å². The quantitative estimate of drug-likeness (QED) is 0.617. The second-order valence-corrected chi connectivity index (χ2v) is 6.63. The number of rotatable bonds is 5. The predicted octanol–water partition coefficient (Wildman–Crippen LogP) is 1.12. The van der Waals surface area contributed by atoms with E-state index >= 15 is 0 Å². The molecule has 20 heavy (non-hydrogen) atoms. The zero-order valence-electron chi connectivity index (χ0n) is 10.5. The van der Waals surface area contributed by atoms with Crippen LogP contribution in [0, 0.1) is 0 Å². The molecule has 0 radical (unpaired) electrons. The van der Waals surface area contributed by atoms with Gasteiger partial charge in [-0.3, -0.25) is 0 Å². The molecule has 0 saturated carbocycles. The van der Waals surface area contributed by atoms with Crippen LogP contribution in [-0.4, -0.2) is 20.1 Å². The van der Waals surface area contributed by atoms with Crippen molar-refractivity contribution in [1.29, 1.82) is 0 Å². The van der Waals surface area contributed by atoms with Crippen molar-refractivity contribution in [3.8, 4) is 0 Å². The molecule has 6 nitrogen and oxygen atoms in total. The smallest absolute Gasteiger partial charge is 0.238 e. The van der Waals surface area contributed by atoms with Crippen LogP contribution in [-0.2, 0) is 10.0 Å². The molecule has 0 aliphatic rings. The Morgan fingerprint density at radius 3 is 2.70 bits per heavy atom. The maximum Gasteiger partial charge on any atom is 0.238 e. The number of anilines is 2. The third-order valence-electron chi connectivity index (χ3n) is 2.68. The molecule has 108 valence electrons. The Kier molecular flexibility index (Phi) is 4.29. The van der Waals surface area contributed by atoms with Crippen LogP contribution in [0.4, 0.5) is 11.4 Å². The molecule has 2 aromatic rings. The van der Waals surface area contributed by atoms with Crippen LogP contribution in [0.2, 0.25) is 0 Å². The minimum absolute atomic E-state index is 0.0648. The van der Waals surface area contributed by atoms with Crippen LogP contribution < -0.4 is 16.2 Å². The number of aliphatic hydroxyl groups is 1. The normalized spacial score (nSPS) is 13.1. The van der Waals surface area contributed by atoms with Gasteiger partial charge in [0.2, 0.25) is 10.0 Å². The third-order valence-corrected chi connectivity index (χ3v) is 4.28. The van der Waals surface area contributed by atoms with E-state index in [4.69, 9.17) is 10.9 Å². The number of sulfonamides is 1. The monoisotopic (exact) mass is 313 g/mol. The highest BCUT2D eigenvalue weighted by Gasteiger charge is 2.11. The van der Waals surface area contributed by atoms with Crippen molar-refractivity contribution in [2.45, 2.75) is 11.0 Å². The van der Waals surface area contributed by atoms with E-state index in [-0.39, 0.29) is 17.1 Å². The second-order valence-electron chi connectivity index (χ2n) is 4.29. The van der Waals surface area contributed by atoms with Crippen molar-refractivity contribution in [2.75, 3.05) is 17.6 Å². The number of primary sulfonamides is 1. The summed E-state index contributed by atoms with van der Waals surface area (Å²) in [7, 11) is -3.81. The fraction of sp³-hybridized carbons (Fsp3) is 0.167. The molecule has 2 rings (SSSR count). The molecule has 6 N–H and O–H groups in total. The summed E-state index contributed by atoms with van der Waals surface area (Å²) in [6.07, 6.45) is -0.680. The van der Waals surface area contributed by atoms with Gasteiger partial charge in [0.1, 0.15) is 0 Å². The van der Waals surface area contributed by atoms with Gasteiger partial charge in [-0.25, -0.2) is 13.6 Å². The summed E-state index contributed by atoms with van der Waals surface area (Å²) in [6.45, 7) is 0.240. The van der Waals surface area contributed by atoms with E-state index in [0.717, 1.165) is 5.56 Å². The minimum Gasteiger partial charge on any atom is -0.399 e. The summed E-state index contributed by atoms with van der Waals surface area (Å²) in [4.78, 5) is -0.0648. The molecule has 1 aromatic carbocycles. The standard InChI is InChI=1S/C12H15N3O3S2/c13-9-3-10(5-11(4-9)20(14,17)18)15-6-12(16)8-1-2-19-7-8/h1-5,7,12,15-16H,6,13H2,(H2,14,17,18). The van der Waals surface area contributed by atoms with E-state index < -0.39 is 16.1 Å². The van der Waals surface area contributed by atoms with Crippen molar-refractivity contribution < 1.29 is 13.5 Å². The first kappa shape index (κ1) is 14.8. The van der Waals surface area contributed by atoms with Gasteiger partial charge in [-0.05, 0) is 40.6 Å². The van der Waals surface area contributed by atoms with E-state index in [0.29, 0.717) is 5.69 Å². The SMILES string of the molecule is Nc1cc(NCC(O)c2ccsc2)cc(S(N)(=O)=O)c1. The van der Waals surface area contributed by atoms with Crippen LogP contribution in [0.1, 0.15) is 11.7 Å². The molecule has 0 amide bonds. The summed E-state index contributed by atoms with van der Waals surface area (Å²) in [5.74, 6) is 0. The molecule has 0 aliphatic carbocycles. The van der Waals surface area contributed by atoms with Crippen molar-refractivity contribution in [3.63, 3.8) is 0 Å². The van der Waals surface area contributed by atoms with Gasteiger partial charge in [0.05, 0.1) is 11.0 Å². The highest BCUT2D eigenvalue weighted by molar-refractivity contribution is 7.89. The number of nitrogen functional groups attached to an aromatic ring is 1. The summed E-state index contributed by atoms with van der Waals surface area (Å²) in [6, 6.07) is 6.07. The van der Waals surface area contributed by atoms with Gasteiger partial charge in [0.25, 0.3) is 0 Å². The first-order valence-corrected chi connectivity index (χ1v) is 8.22. The molecule has 0 spiro atoms. The van der Waals surface area contributed by atoms with Crippen molar-refractivity contribution in [2.24, 2.45) is 5.14 Å². The third kappa shape index (κ3) is 3.70. The van der Waals surface area contributed by atoms with E-state index in [1.807, 2.05) is 16.8 Å². The van der Waals surface area contributed by atoms with E-state index in [1.165, 1.54) is 23.5 Å². The van der Waals surface area contributed by atoms with Crippen LogP contribution in [0.3, 0.4) is 0 Å². The second kappa shape index (κ2) is 5.80. The molecule has 0 aliphatic heterocycles. The van der Waals surface area contributed by atoms with Crippen molar-refractivity contribution in [1.82, 2.24) is 0 Å². The van der Waals surface area contributed by atoms with Gasteiger partial charge in [0, 0.05) is 17.9 Å². The Bertz CT molecular complexity index is 684. The van der Waals surface area contributed by atoms with E-state index in [9.17, 15) is 13.5 Å². The number of nitrogens with one attached hydrogen (secondary N) is 1. The van der Waals surface area contributed by atoms with Crippen molar-refractivity contribution in [3.05, 3.63) is 40.6 Å². The Morgan fingerprint density at radius 1 is 1.35 bits per heavy atom. The van der Waals surface area contributed by atoms with Gasteiger partial charge in [0.15, 0.2) is 0 Å². The Balaban J connectivity index is 2.12. The lowest BCUT2D eigenvalue weighted by atomic mass is 10.2. The largest absolute Gasteiger partial charge is 0.399 e. The first-order chi connectivity index (χ1) is 9.36. The van der Waals surface area contributed by atoms with E-state index in [2.05, 4.69) is 5.32 Å². The predicted molar refractivity (Wildman–Crippen MR) is 80.0 cm³/mol. The molecule has 0 fully saturated rings. The topological polar surface area (TPSA) is 118 Å². The average molecular weight is 313 g/mol. The van der Waals surface area contributed by atoms with Crippen molar-refractivity contribution >= 4 is 32.7 Å². The number of hydrogen-bond acceptors (Lipinski definition) is 6. The number of aliphatic hydroxyl groups excluding tert-OH is 1. The Hall–Kier alpha value is -1.61. The maximum absolute atomic E-state index is 11.3. The number of nitrogens with two attached hydrogens (primary N) is 2. The fourth-order valence-corrected chi connectivity index (χ4v) is 2.98. The molecule has 8 heteroatoms. The molecule has 1 aromatic heterocycles. The zero-order chi connectivity index (χ0) is 14.8. The summed E-state index contributed by atoms with van der Waals surface area (Å²) < 4.78 is 22.6. The lowest BCUT2D eigenvalue weighted by Crippen LogP contribution is -2.15. The first-order valence-electron chi connectivity index (χ1n) is 5.73. The van der Waals surface area contributed by atoms with Gasteiger partial charge >= 0.3 is 0 Å². The fourth-order valence-electron chi connectivity index (χ4n) is 1.69. The molecule has 0 bridgehead atoms. The highest BCUT2D eigenvalue weighted by Crippen LogP contribution is 2.21. The van der Waals surface area contributed by atoms with Crippen LogP contribution in [0.15, 0.2) is 39.9 Å². The lowest BCUT2D eigenvalue weighted by Gasteiger charge is -2.13. The number of hydrogen-bond donors (Lipinski definition) is 4. The summed E-state index contributed by atoms with van der Waals surface area (Å²) in [5, 5.41) is 21.7. The van der Waals surface area contributed by atoms with Gasteiger partial charge in [-0.2, -0.15) is 11.3 Å². The molecule has 1 atom stereocenters. The molecular formula is C12H15N3O3S2. The summed E-state index contributed by atoms with van der Waals surface area (Å²) >= 11 is 1.49. The molecule has 0 saturated heterocycles. The minimum atomic E-state index is -3.81. The lowest BCUT2D eigenvalue weighted by molar-refractivity contribution is 0.192. The highest BCUT2D eigenvalue weighted by atomic mass is 32.2. The van der Waals surface area contributed by atoms with Crippen LogP contribution in [0.25, 0.3) is 0 Å². The van der Waals surface area contributed by atoms with Gasteiger partial charge in [-0.15, -0.1) is 0 Å². The number of thiophene rings is 1. The summed E-state index contributed by atoms with van der Waals surface area (Å²) in [5.41, 5.74) is 7.21. The average Bonchev–Trinajstić information content (AvgIpc) is 2.88. The molecular weight excluding hydrogens is 298 g/mol. The molecule has 1 unspecified atom stereocenters. The zero-order valence-corrected chi connectivity index (χ0v) is 12.1. The van der Waals surface area contributed by atoms with Crippen LogP contribution in [0.5, 0.6) is 0 Å². The van der Waals surface area contributed by atoms with Gasteiger partial charge in [-0.1, -0.05) is 0 Å². The van der Waals surface area contributed by atoms with Gasteiger partial charge < -0.3 is 16.2 Å². The van der Waals surface area contributed by atoms with E-state index in [1.54, 1.807) is 6.07 Å². The molecule has 1 heterocycles. The number of benzene rings is 1.